The number of aromatic amines is 1. The van der Waals surface area contributed by atoms with Crippen molar-refractivity contribution >= 4 is 0 Å². The normalized spacial score (nSPS) is 15.4. The SMILES string of the molecule is Cc1[nH]ncc1-c1nnc(CCNC2CC2)o1. The van der Waals surface area contributed by atoms with E-state index in [1.54, 1.807) is 6.20 Å². The van der Waals surface area contributed by atoms with Crippen LogP contribution in [0, 0.1) is 6.92 Å². The monoisotopic (exact) mass is 233 g/mol. The van der Waals surface area contributed by atoms with Gasteiger partial charge in [0.05, 0.1) is 11.8 Å². The molecule has 0 aromatic carbocycles. The topological polar surface area (TPSA) is 79.6 Å². The first-order chi connectivity index (χ1) is 8.33. The van der Waals surface area contributed by atoms with Crippen LogP contribution in [0.5, 0.6) is 0 Å². The van der Waals surface area contributed by atoms with Crippen molar-refractivity contribution < 1.29 is 4.42 Å². The third-order valence-corrected chi connectivity index (χ3v) is 2.88. The molecule has 90 valence electrons. The first-order valence-electron chi connectivity index (χ1n) is 5.89. The molecule has 1 saturated carbocycles. The molecule has 2 N–H and O–H groups in total. The highest BCUT2D eigenvalue weighted by Gasteiger charge is 2.20. The number of nitrogens with zero attached hydrogens (tertiary/aromatic N) is 3. The molecule has 6 nitrogen and oxygen atoms in total. The van der Waals surface area contributed by atoms with Crippen molar-refractivity contribution in [1.82, 2.24) is 25.7 Å². The Morgan fingerprint density at radius 3 is 3.06 bits per heavy atom. The van der Waals surface area contributed by atoms with Gasteiger partial charge in [0.15, 0.2) is 0 Å². The molecule has 1 aliphatic carbocycles. The van der Waals surface area contributed by atoms with E-state index in [9.17, 15) is 0 Å². The van der Waals surface area contributed by atoms with Gasteiger partial charge < -0.3 is 9.73 Å². The summed E-state index contributed by atoms with van der Waals surface area (Å²) in [6.07, 6.45) is 5.07. The quantitative estimate of drug-likeness (QED) is 0.807. The number of hydrogen-bond donors (Lipinski definition) is 2. The third kappa shape index (κ3) is 2.36. The van der Waals surface area contributed by atoms with E-state index in [1.807, 2.05) is 6.92 Å². The largest absolute Gasteiger partial charge is 0.421 e. The lowest BCUT2D eigenvalue weighted by Gasteiger charge is -1.97. The number of hydrogen-bond acceptors (Lipinski definition) is 5. The molecular weight excluding hydrogens is 218 g/mol. The smallest absolute Gasteiger partial charge is 0.251 e. The predicted octanol–water partition coefficient (Wildman–Crippen LogP) is 1.06. The second-order valence-electron chi connectivity index (χ2n) is 4.39. The summed E-state index contributed by atoms with van der Waals surface area (Å²) in [6.45, 7) is 2.83. The molecule has 2 heterocycles. The van der Waals surface area contributed by atoms with Gasteiger partial charge in [0.25, 0.3) is 5.89 Å². The molecule has 1 aliphatic rings. The second-order valence-corrected chi connectivity index (χ2v) is 4.39. The van der Waals surface area contributed by atoms with E-state index in [2.05, 4.69) is 25.7 Å². The van der Waals surface area contributed by atoms with Crippen LogP contribution >= 0.6 is 0 Å². The van der Waals surface area contributed by atoms with Crippen molar-refractivity contribution in [3.63, 3.8) is 0 Å². The van der Waals surface area contributed by atoms with Gasteiger partial charge in [-0.25, -0.2) is 0 Å². The minimum absolute atomic E-state index is 0.540. The van der Waals surface area contributed by atoms with Gasteiger partial charge in [-0.2, -0.15) is 5.10 Å². The standard InChI is InChI=1S/C11H15N5O/c1-7-9(6-13-14-7)11-16-15-10(17-11)4-5-12-8-2-3-8/h6,8,12H,2-5H2,1H3,(H,13,14). The maximum atomic E-state index is 5.59. The van der Waals surface area contributed by atoms with E-state index < -0.39 is 0 Å². The van der Waals surface area contributed by atoms with Gasteiger partial charge in [-0.3, -0.25) is 5.10 Å². The van der Waals surface area contributed by atoms with Gasteiger partial charge in [-0.05, 0) is 19.8 Å². The molecule has 0 unspecified atom stereocenters. The van der Waals surface area contributed by atoms with Crippen LogP contribution < -0.4 is 5.32 Å². The van der Waals surface area contributed by atoms with E-state index in [0.717, 1.165) is 24.2 Å². The lowest BCUT2D eigenvalue weighted by molar-refractivity contribution is 0.494. The zero-order valence-electron chi connectivity index (χ0n) is 9.73. The highest BCUT2D eigenvalue weighted by Crippen LogP contribution is 2.20. The third-order valence-electron chi connectivity index (χ3n) is 2.88. The molecule has 0 amide bonds. The minimum atomic E-state index is 0.540. The molecule has 0 aliphatic heterocycles. The summed E-state index contributed by atoms with van der Waals surface area (Å²) in [5.41, 5.74) is 1.82. The molecule has 0 spiro atoms. The maximum Gasteiger partial charge on any atom is 0.251 e. The van der Waals surface area contributed by atoms with Crippen molar-refractivity contribution in [3.8, 4) is 11.5 Å². The van der Waals surface area contributed by atoms with Gasteiger partial charge in [0, 0.05) is 24.7 Å². The van der Waals surface area contributed by atoms with Crippen molar-refractivity contribution in [2.75, 3.05) is 6.54 Å². The molecule has 2 aromatic heterocycles. The van der Waals surface area contributed by atoms with Crippen molar-refractivity contribution in [2.24, 2.45) is 0 Å². The lowest BCUT2D eigenvalue weighted by Crippen LogP contribution is -2.19. The Labute approximate surface area is 98.8 Å². The Morgan fingerprint density at radius 2 is 2.35 bits per heavy atom. The Kier molecular flexibility index (Phi) is 2.64. The number of H-pyrrole nitrogens is 1. The molecule has 2 aromatic rings. The minimum Gasteiger partial charge on any atom is -0.421 e. The summed E-state index contributed by atoms with van der Waals surface area (Å²) < 4.78 is 5.59. The van der Waals surface area contributed by atoms with Gasteiger partial charge in [0.2, 0.25) is 5.89 Å². The lowest BCUT2D eigenvalue weighted by atomic mass is 10.3. The number of aromatic nitrogens is 4. The summed E-state index contributed by atoms with van der Waals surface area (Å²) in [7, 11) is 0. The molecule has 0 atom stereocenters. The van der Waals surface area contributed by atoms with Gasteiger partial charge >= 0.3 is 0 Å². The van der Waals surface area contributed by atoms with Crippen LogP contribution in [0.15, 0.2) is 10.6 Å². The van der Waals surface area contributed by atoms with Crippen LogP contribution in [0.4, 0.5) is 0 Å². The number of rotatable bonds is 5. The summed E-state index contributed by atoms with van der Waals surface area (Å²) in [6, 6.07) is 0.716. The first-order valence-corrected chi connectivity index (χ1v) is 5.89. The van der Waals surface area contributed by atoms with E-state index in [4.69, 9.17) is 4.42 Å². The Balaban J connectivity index is 1.63. The molecule has 0 bridgehead atoms. The molecule has 0 saturated heterocycles. The van der Waals surface area contributed by atoms with Crippen LogP contribution in [-0.2, 0) is 6.42 Å². The summed E-state index contributed by atoms with van der Waals surface area (Å²) in [5.74, 6) is 1.21. The average molecular weight is 233 g/mol. The summed E-state index contributed by atoms with van der Waals surface area (Å²) in [4.78, 5) is 0. The van der Waals surface area contributed by atoms with Gasteiger partial charge in [-0.15, -0.1) is 10.2 Å². The van der Waals surface area contributed by atoms with Crippen molar-refractivity contribution in [2.45, 2.75) is 32.2 Å². The van der Waals surface area contributed by atoms with Crippen molar-refractivity contribution in [1.29, 1.82) is 0 Å². The van der Waals surface area contributed by atoms with Crippen LogP contribution in [-0.4, -0.2) is 33.0 Å². The Morgan fingerprint density at radius 1 is 1.47 bits per heavy atom. The fourth-order valence-electron chi connectivity index (χ4n) is 1.70. The predicted molar refractivity (Wildman–Crippen MR) is 61.3 cm³/mol. The van der Waals surface area contributed by atoms with Crippen LogP contribution in [0.1, 0.15) is 24.4 Å². The first kappa shape index (κ1) is 10.5. The second kappa shape index (κ2) is 4.29. The van der Waals surface area contributed by atoms with Crippen LogP contribution in [0.25, 0.3) is 11.5 Å². The van der Waals surface area contributed by atoms with Crippen molar-refractivity contribution in [3.05, 3.63) is 17.8 Å². The molecule has 0 radical (unpaired) electrons. The highest BCUT2D eigenvalue weighted by molar-refractivity contribution is 5.53. The molecular formula is C11H15N5O. The van der Waals surface area contributed by atoms with Crippen LogP contribution in [0.3, 0.4) is 0 Å². The molecule has 1 fully saturated rings. The van der Waals surface area contributed by atoms with Gasteiger partial charge in [0.1, 0.15) is 0 Å². The van der Waals surface area contributed by atoms with E-state index >= 15 is 0 Å². The fraction of sp³-hybridized carbons (Fsp3) is 0.545. The fourth-order valence-corrected chi connectivity index (χ4v) is 1.70. The number of aryl methyl sites for hydroxylation is 1. The molecule has 3 rings (SSSR count). The van der Waals surface area contributed by atoms with E-state index in [-0.39, 0.29) is 0 Å². The van der Waals surface area contributed by atoms with Gasteiger partial charge in [-0.1, -0.05) is 0 Å². The summed E-state index contributed by atoms with van der Waals surface area (Å²) in [5, 5.41) is 18.3. The average Bonchev–Trinajstić information content (AvgIpc) is 2.85. The zero-order chi connectivity index (χ0) is 11.7. The summed E-state index contributed by atoms with van der Waals surface area (Å²) >= 11 is 0. The maximum absolute atomic E-state index is 5.59. The van der Waals surface area contributed by atoms with E-state index in [1.165, 1.54) is 12.8 Å². The molecule has 17 heavy (non-hydrogen) atoms. The zero-order valence-corrected chi connectivity index (χ0v) is 9.73. The molecule has 6 heteroatoms. The van der Waals surface area contributed by atoms with E-state index in [0.29, 0.717) is 17.8 Å². The van der Waals surface area contributed by atoms with Crippen LogP contribution in [0.2, 0.25) is 0 Å². The number of nitrogens with one attached hydrogen (secondary N) is 2. The Hall–Kier alpha value is -1.69. The Bertz CT molecular complexity index is 499. The highest BCUT2D eigenvalue weighted by atomic mass is 16.4.